The van der Waals surface area contributed by atoms with Crippen molar-refractivity contribution in [1.29, 1.82) is 0 Å². The molecule has 1 N–H and O–H groups in total. The van der Waals surface area contributed by atoms with Crippen molar-refractivity contribution in [2.75, 3.05) is 112 Å². The Morgan fingerprint density at radius 2 is 0.806 bits per heavy atom. The summed E-state index contributed by atoms with van der Waals surface area (Å²) in [6.07, 6.45) is 1.05. The number of rotatable bonds is 27. The topological polar surface area (TPSA) is 103 Å². The summed E-state index contributed by atoms with van der Waals surface area (Å²) in [6, 6.07) is 0. The summed E-state index contributed by atoms with van der Waals surface area (Å²) >= 11 is 0. The Morgan fingerprint density at radius 3 is 1.08 bits per heavy atom. The Hall–Kier alpha value is -0.850. The van der Waals surface area contributed by atoms with Gasteiger partial charge in [-0.1, -0.05) is 34.6 Å². The Kier molecular flexibility index (Phi) is 25.2. The number of hydrogen-bond donors (Lipinski definition) is 1. The second kappa shape index (κ2) is 25.8. The molecule has 0 saturated carbocycles. The van der Waals surface area contributed by atoms with Crippen molar-refractivity contribution in [3.8, 4) is 0 Å². The number of ether oxygens (including phenoxy) is 8. The van der Waals surface area contributed by atoms with Gasteiger partial charge in [0.1, 0.15) is 0 Å². The van der Waals surface area contributed by atoms with Crippen molar-refractivity contribution < 1.29 is 42.7 Å². The minimum Gasteiger partial charge on any atom is -0.379 e. The lowest BCUT2D eigenvalue weighted by Crippen LogP contribution is -2.31. The molecule has 0 radical (unpaired) electrons. The molecule has 0 unspecified atom stereocenters. The first-order valence-electron chi connectivity index (χ1n) is 13.2. The third-order valence-electron chi connectivity index (χ3n) is 4.67. The first-order valence-corrected chi connectivity index (χ1v) is 13.2. The van der Waals surface area contributed by atoms with E-state index in [0.717, 1.165) is 13.0 Å². The lowest BCUT2D eigenvalue weighted by atomic mass is 9.93. The van der Waals surface area contributed by atoms with E-state index in [1.54, 1.807) is 0 Å². The van der Waals surface area contributed by atoms with Gasteiger partial charge < -0.3 is 43.2 Å². The minimum atomic E-state index is -0.00618. The third kappa shape index (κ3) is 29.4. The fourth-order valence-corrected chi connectivity index (χ4v) is 2.47. The van der Waals surface area contributed by atoms with Crippen LogP contribution in [0, 0.1) is 11.3 Å². The summed E-state index contributed by atoms with van der Waals surface area (Å²) in [7, 11) is 0. The van der Waals surface area contributed by atoms with Gasteiger partial charge in [0.25, 0.3) is 0 Å². The van der Waals surface area contributed by atoms with E-state index in [1.807, 2.05) is 13.8 Å². The molecule has 0 rings (SSSR count). The first kappa shape index (κ1) is 35.2. The van der Waals surface area contributed by atoms with E-state index in [0.29, 0.717) is 111 Å². The van der Waals surface area contributed by atoms with Crippen molar-refractivity contribution in [2.45, 2.75) is 41.0 Å². The molecule has 10 nitrogen and oxygen atoms in total. The van der Waals surface area contributed by atoms with Gasteiger partial charge in [-0.3, -0.25) is 4.79 Å². The van der Waals surface area contributed by atoms with Crippen LogP contribution in [0.25, 0.3) is 0 Å². The highest BCUT2D eigenvalue weighted by Crippen LogP contribution is 2.17. The summed E-state index contributed by atoms with van der Waals surface area (Å²) in [5.74, 6) is 0.0308. The molecule has 0 aliphatic carbocycles. The van der Waals surface area contributed by atoms with Gasteiger partial charge in [-0.25, -0.2) is 0 Å². The van der Waals surface area contributed by atoms with Crippen molar-refractivity contribution in [3.63, 3.8) is 0 Å². The van der Waals surface area contributed by atoms with Crippen LogP contribution in [0.5, 0.6) is 0 Å². The number of carbonyl (C=O) groups excluding carboxylic acids is 1. The molecule has 0 aliphatic rings. The number of nitrogens with one attached hydrogen (secondary N) is 1. The van der Waals surface area contributed by atoms with Crippen LogP contribution >= 0.6 is 0 Å². The zero-order valence-electron chi connectivity index (χ0n) is 23.5. The Bertz CT molecular complexity index is 473. The molecule has 0 spiro atoms. The quantitative estimate of drug-likeness (QED) is 0.163. The largest absolute Gasteiger partial charge is 0.379 e. The Morgan fingerprint density at radius 1 is 0.528 bits per heavy atom. The number of carbonyl (C=O) groups is 1. The molecule has 36 heavy (non-hydrogen) atoms. The predicted molar refractivity (Wildman–Crippen MR) is 138 cm³/mol. The molecule has 216 valence electrons. The van der Waals surface area contributed by atoms with E-state index in [4.69, 9.17) is 37.9 Å². The molecule has 0 aromatic heterocycles. The fraction of sp³-hybridized carbons (Fsp3) is 0.962. The lowest BCUT2D eigenvalue weighted by Gasteiger charge is -2.17. The summed E-state index contributed by atoms with van der Waals surface area (Å²) in [6.45, 7) is 19.6. The van der Waals surface area contributed by atoms with Gasteiger partial charge in [-0.15, -0.1) is 0 Å². The highest BCUT2D eigenvalue weighted by molar-refractivity contribution is 5.77. The maximum atomic E-state index is 11.4. The van der Waals surface area contributed by atoms with E-state index < -0.39 is 0 Å². The normalized spacial score (nSPS) is 11.9. The van der Waals surface area contributed by atoms with Crippen LogP contribution in [0.15, 0.2) is 0 Å². The zero-order valence-corrected chi connectivity index (χ0v) is 23.5. The minimum absolute atomic E-state index is 0.00618. The van der Waals surface area contributed by atoms with Gasteiger partial charge in [0.05, 0.1) is 99.1 Å². The first-order chi connectivity index (χ1) is 17.3. The predicted octanol–water partition coefficient (Wildman–Crippen LogP) is 2.33. The zero-order chi connectivity index (χ0) is 26.7. The highest BCUT2D eigenvalue weighted by Gasteiger charge is 2.09. The van der Waals surface area contributed by atoms with Gasteiger partial charge in [-0.05, 0) is 11.8 Å². The second-order valence-corrected chi connectivity index (χ2v) is 9.66. The lowest BCUT2D eigenvalue weighted by molar-refractivity contribution is -0.124. The van der Waals surface area contributed by atoms with Crippen LogP contribution < -0.4 is 5.32 Å². The maximum Gasteiger partial charge on any atom is 0.222 e. The smallest absolute Gasteiger partial charge is 0.222 e. The summed E-state index contributed by atoms with van der Waals surface area (Å²) < 4.78 is 43.6. The van der Waals surface area contributed by atoms with Crippen LogP contribution in [-0.4, -0.2) is 118 Å². The average Bonchev–Trinajstić information content (AvgIpc) is 2.82. The van der Waals surface area contributed by atoms with Gasteiger partial charge in [0, 0.05) is 19.1 Å². The van der Waals surface area contributed by atoms with Crippen molar-refractivity contribution in [3.05, 3.63) is 0 Å². The van der Waals surface area contributed by atoms with Gasteiger partial charge in [-0.2, -0.15) is 0 Å². The van der Waals surface area contributed by atoms with Crippen LogP contribution in [0.3, 0.4) is 0 Å². The van der Waals surface area contributed by atoms with Gasteiger partial charge in [0.2, 0.25) is 5.91 Å². The molecule has 0 bridgehead atoms. The second-order valence-electron chi connectivity index (χ2n) is 9.66. The molecule has 1 amide bonds. The molecule has 0 aromatic carbocycles. The van der Waals surface area contributed by atoms with Crippen LogP contribution in [0.4, 0.5) is 0 Å². The van der Waals surface area contributed by atoms with E-state index in [1.165, 1.54) is 0 Å². The molecule has 0 fully saturated rings. The van der Waals surface area contributed by atoms with Gasteiger partial charge >= 0.3 is 0 Å². The molecular formula is C26H53NO9. The molecular weight excluding hydrogens is 470 g/mol. The molecule has 0 atom stereocenters. The number of amides is 1. The summed E-state index contributed by atoms with van der Waals surface area (Å²) in [5, 5.41) is 2.79. The fourth-order valence-electron chi connectivity index (χ4n) is 2.47. The molecule has 0 heterocycles. The summed E-state index contributed by atoms with van der Waals surface area (Å²) in [5.41, 5.74) is 0.307. The van der Waals surface area contributed by atoms with E-state index in [-0.39, 0.29) is 11.8 Å². The van der Waals surface area contributed by atoms with Crippen molar-refractivity contribution >= 4 is 5.91 Å². The van der Waals surface area contributed by atoms with Crippen LogP contribution in [0.2, 0.25) is 0 Å². The van der Waals surface area contributed by atoms with E-state index in [2.05, 4.69) is 26.1 Å². The van der Waals surface area contributed by atoms with Crippen LogP contribution in [-0.2, 0) is 42.7 Å². The average molecular weight is 524 g/mol. The van der Waals surface area contributed by atoms with Crippen molar-refractivity contribution in [1.82, 2.24) is 5.32 Å². The third-order valence-corrected chi connectivity index (χ3v) is 4.67. The molecule has 10 heteroatoms. The Balaban J connectivity index is 3.08. The SMILES string of the molecule is CC(C)C(=O)NCCOCCOCCOCCOCCOCCOCCOCCOCCC(C)(C)C. The van der Waals surface area contributed by atoms with E-state index in [9.17, 15) is 4.79 Å². The van der Waals surface area contributed by atoms with Gasteiger partial charge in [0.15, 0.2) is 0 Å². The van der Waals surface area contributed by atoms with Crippen LogP contribution in [0.1, 0.15) is 41.0 Å². The standard InChI is InChI=1S/C26H53NO9/c1-24(2)25(28)27-7-9-30-11-13-32-15-17-34-19-21-36-23-22-35-20-18-33-16-14-31-12-10-29-8-6-26(3,4)5/h24H,6-23H2,1-5H3,(H,27,28). The molecule has 0 aliphatic heterocycles. The number of hydrogen-bond acceptors (Lipinski definition) is 9. The van der Waals surface area contributed by atoms with E-state index >= 15 is 0 Å². The summed E-state index contributed by atoms with van der Waals surface area (Å²) in [4.78, 5) is 11.4. The molecule has 0 saturated heterocycles. The Labute approximate surface area is 218 Å². The molecule has 0 aromatic rings. The maximum absolute atomic E-state index is 11.4. The van der Waals surface area contributed by atoms with Crippen molar-refractivity contribution in [2.24, 2.45) is 11.3 Å². The highest BCUT2D eigenvalue weighted by atomic mass is 16.6. The monoisotopic (exact) mass is 523 g/mol.